The number of carbonyl (C=O) groups is 1. The topological polar surface area (TPSA) is 68.9 Å². The maximum Gasteiger partial charge on any atom is 0.190 e. The third-order valence-corrected chi connectivity index (χ3v) is 1.72. The average Bonchev–Trinajstić information content (AvgIpc) is 2.01. The summed E-state index contributed by atoms with van der Waals surface area (Å²) in [5.74, 6) is 0.509. The van der Waals surface area contributed by atoms with Crippen LogP contribution in [0.5, 0.6) is 0 Å². The lowest BCUT2D eigenvalue weighted by molar-refractivity contribution is 0.104. The number of allylic oxidation sites excluding steroid dienone is 2. The summed E-state index contributed by atoms with van der Waals surface area (Å²) >= 11 is 0. The molecule has 4 heteroatoms. The van der Waals surface area contributed by atoms with E-state index in [9.17, 15) is 4.79 Å². The van der Waals surface area contributed by atoms with Crippen molar-refractivity contribution in [3.63, 3.8) is 0 Å². The van der Waals surface area contributed by atoms with Crippen molar-refractivity contribution in [2.75, 3.05) is 0 Å². The van der Waals surface area contributed by atoms with Crippen molar-refractivity contribution in [2.45, 2.75) is 20.8 Å². The summed E-state index contributed by atoms with van der Waals surface area (Å²) in [4.78, 5) is 19.6. The van der Waals surface area contributed by atoms with Crippen LogP contribution < -0.4 is 5.73 Å². The molecule has 0 spiro atoms. The molecule has 1 aromatic heterocycles. The van der Waals surface area contributed by atoms with Crippen LogP contribution in [-0.2, 0) is 0 Å². The lowest BCUT2D eigenvalue weighted by atomic mass is 10.1. The normalized spacial score (nSPS) is 11.5. The van der Waals surface area contributed by atoms with E-state index in [1.165, 1.54) is 12.3 Å². The van der Waals surface area contributed by atoms with Crippen LogP contribution in [-0.4, -0.2) is 15.8 Å². The Kier molecular flexibility index (Phi) is 2.96. The largest absolute Gasteiger partial charge is 0.402 e. The predicted molar refractivity (Wildman–Crippen MR) is 53.8 cm³/mol. The molecule has 0 aliphatic rings. The van der Waals surface area contributed by atoms with E-state index >= 15 is 0 Å². The monoisotopic (exact) mass is 191 g/mol. The van der Waals surface area contributed by atoms with Gasteiger partial charge in [0.15, 0.2) is 5.78 Å². The number of rotatable bonds is 2. The first kappa shape index (κ1) is 10.4. The first-order valence-electron chi connectivity index (χ1n) is 4.29. The number of hydrogen-bond acceptors (Lipinski definition) is 4. The molecular formula is C10H13N3O. The van der Waals surface area contributed by atoms with E-state index in [4.69, 9.17) is 5.73 Å². The molecule has 0 aliphatic heterocycles. The minimum absolute atomic E-state index is 0.150. The molecule has 0 saturated heterocycles. The van der Waals surface area contributed by atoms with Crippen LogP contribution in [0.25, 0.3) is 0 Å². The van der Waals surface area contributed by atoms with Crippen molar-refractivity contribution >= 4 is 5.78 Å². The molecule has 4 nitrogen and oxygen atoms in total. The third-order valence-electron chi connectivity index (χ3n) is 1.72. The highest BCUT2D eigenvalue weighted by molar-refractivity contribution is 6.05. The molecule has 0 unspecified atom stereocenters. The van der Waals surface area contributed by atoms with Crippen LogP contribution in [0.4, 0.5) is 0 Å². The predicted octanol–water partition coefficient (Wildman–Crippen LogP) is 1.14. The highest BCUT2D eigenvalue weighted by Gasteiger charge is 2.07. The Morgan fingerprint density at radius 2 is 2.14 bits per heavy atom. The fraction of sp³-hybridized carbons (Fsp3) is 0.300. The third kappa shape index (κ3) is 2.39. The summed E-state index contributed by atoms with van der Waals surface area (Å²) in [5, 5.41) is 0. The van der Waals surface area contributed by atoms with E-state index in [0.717, 1.165) is 0 Å². The molecule has 0 bridgehead atoms. The Morgan fingerprint density at radius 3 is 2.64 bits per heavy atom. The van der Waals surface area contributed by atoms with Gasteiger partial charge in [-0.2, -0.15) is 0 Å². The van der Waals surface area contributed by atoms with Gasteiger partial charge in [0.25, 0.3) is 0 Å². The Morgan fingerprint density at radius 1 is 1.50 bits per heavy atom. The van der Waals surface area contributed by atoms with E-state index in [1.807, 2.05) is 0 Å². The maximum atomic E-state index is 11.6. The summed E-state index contributed by atoms with van der Waals surface area (Å²) in [5.41, 5.74) is 7.07. The van der Waals surface area contributed by atoms with Crippen molar-refractivity contribution in [3.05, 3.63) is 35.1 Å². The van der Waals surface area contributed by atoms with E-state index < -0.39 is 0 Å². The van der Waals surface area contributed by atoms with Crippen molar-refractivity contribution in [2.24, 2.45) is 5.73 Å². The zero-order chi connectivity index (χ0) is 10.7. The van der Waals surface area contributed by atoms with Crippen molar-refractivity contribution in [1.82, 2.24) is 9.97 Å². The second-order valence-corrected chi connectivity index (χ2v) is 3.17. The Hall–Kier alpha value is -1.71. The minimum Gasteiger partial charge on any atom is -0.402 e. The summed E-state index contributed by atoms with van der Waals surface area (Å²) in [7, 11) is 0. The number of ketones is 1. The van der Waals surface area contributed by atoms with E-state index in [-0.39, 0.29) is 5.78 Å². The van der Waals surface area contributed by atoms with Crippen LogP contribution in [0.3, 0.4) is 0 Å². The van der Waals surface area contributed by atoms with Crippen molar-refractivity contribution < 1.29 is 4.79 Å². The van der Waals surface area contributed by atoms with Gasteiger partial charge in [-0.05, 0) is 20.8 Å². The van der Waals surface area contributed by atoms with Gasteiger partial charge in [0.1, 0.15) is 5.82 Å². The molecular weight excluding hydrogens is 178 g/mol. The van der Waals surface area contributed by atoms with Gasteiger partial charge in [0, 0.05) is 18.0 Å². The molecule has 0 fully saturated rings. The fourth-order valence-corrected chi connectivity index (χ4v) is 1.11. The van der Waals surface area contributed by atoms with Crippen LogP contribution in [0, 0.1) is 13.8 Å². The summed E-state index contributed by atoms with van der Waals surface area (Å²) in [6.07, 6.45) is 2.90. The second kappa shape index (κ2) is 4.00. The van der Waals surface area contributed by atoms with Crippen LogP contribution in [0.1, 0.15) is 28.8 Å². The Bertz CT molecular complexity index is 392. The van der Waals surface area contributed by atoms with Gasteiger partial charge in [0.05, 0.1) is 11.3 Å². The lowest BCUT2D eigenvalue weighted by Crippen LogP contribution is -2.05. The molecule has 0 atom stereocenters. The highest BCUT2D eigenvalue weighted by atomic mass is 16.1. The SMILES string of the molecule is CC(N)=CC(=O)c1cnc(C)nc1C. The first-order valence-corrected chi connectivity index (χ1v) is 4.29. The molecule has 0 radical (unpaired) electrons. The van der Waals surface area contributed by atoms with Crippen molar-refractivity contribution in [3.8, 4) is 0 Å². The maximum absolute atomic E-state index is 11.6. The quantitative estimate of drug-likeness (QED) is 0.562. The number of hydrogen-bond donors (Lipinski definition) is 1. The number of carbonyl (C=O) groups excluding carboxylic acids is 1. The first-order chi connectivity index (χ1) is 6.50. The fourth-order valence-electron chi connectivity index (χ4n) is 1.11. The zero-order valence-electron chi connectivity index (χ0n) is 8.53. The van der Waals surface area contributed by atoms with Gasteiger partial charge in [-0.1, -0.05) is 0 Å². The molecule has 0 aromatic carbocycles. The Balaban J connectivity index is 3.08. The molecule has 74 valence electrons. The number of aromatic nitrogens is 2. The van der Waals surface area contributed by atoms with Crippen molar-refractivity contribution in [1.29, 1.82) is 0 Å². The molecule has 0 saturated carbocycles. The smallest absolute Gasteiger partial charge is 0.190 e. The standard InChI is InChI=1S/C10H13N3O/c1-6(11)4-10(14)9-5-12-8(3)13-7(9)2/h4-5H,11H2,1-3H3. The highest BCUT2D eigenvalue weighted by Crippen LogP contribution is 2.06. The molecule has 0 amide bonds. The Labute approximate surface area is 82.9 Å². The van der Waals surface area contributed by atoms with Gasteiger partial charge in [-0.25, -0.2) is 9.97 Å². The van der Waals surface area contributed by atoms with Gasteiger partial charge in [-0.3, -0.25) is 4.79 Å². The average molecular weight is 191 g/mol. The van der Waals surface area contributed by atoms with Crippen LogP contribution in [0.15, 0.2) is 18.0 Å². The number of nitrogens with zero attached hydrogens (tertiary/aromatic N) is 2. The number of aryl methyl sites for hydroxylation is 2. The molecule has 2 N–H and O–H groups in total. The second-order valence-electron chi connectivity index (χ2n) is 3.17. The van der Waals surface area contributed by atoms with Crippen LogP contribution >= 0.6 is 0 Å². The molecule has 1 heterocycles. The van der Waals surface area contributed by atoms with Gasteiger partial charge < -0.3 is 5.73 Å². The van der Waals surface area contributed by atoms with E-state index in [0.29, 0.717) is 22.8 Å². The van der Waals surface area contributed by atoms with Gasteiger partial charge in [0.2, 0.25) is 0 Å². The summed E-state index contributed by atoms with van der Waals surface area (Å²) in [6, 6.07) is 0. The summed E-state index contributed by atoms with van der Waals surface area (Å²) in [6.45, 7) is 5.23. The number of nitrogens with two attached hydrogens (primary N) is 1. The molecule has 14 heavy (non-hydrogen) atoms. The lowest BCUT2D eigenvalue weighted by Gasteiger charge is -2.01. The van der Waals surface area contributed by atoms with Crippen LogP contribution in [0.2, 0.25) is 0 Å². The molecule has 0 aliphatic carbocycles. The zero-order valence-corrected chi connectivity index (χ0v) is 8.53. The summed E-state index contributed by atoms with van der Waals surface area (Å²) < 4.78 is 0. The molecule has 1 aromatic rings. The van der Waals surface area contributed by atoms with Gasteiger partial charge >= 0.3 is 0 Å². The van der Waals surface area contributed by atoms with Gasteiger partial charge in [-0.15, -0.1) is 0 Å². The van der Waals surface area contributed by atoms with E-state index in [1.54, 1.807) is 20.8 Å². The molecule has 1 rings (SSSR count). The minimum atomic E-state index is -0.150. The van der Waals surface area contributed by atoms with E-state index in [2.05, 4.69) is 9.97 Å².